The highest BCUT2D eigenvalue weighted by Crippen LogP contribution is 2.15. The number of methoxy groups -OCH3 is 1. The Morgan fingerprint density at radius 1 is 1.38 bits per heavy atom. The van der Waals surface area contributed by atoms with Gasteiger partial charge in [-0.3, -0.25) is 4.90 Å². The van der Waals surface area contributed by atoms with Crippen LogP contribution in [0.1, 0.15) is 12.5 Å². The van der Waals surface area contributed by atoms with Gasteiger partial charge in [0, 0.05) is 19.1 Å². The first kappa shape index (κ1) is 11.4. The number of morpholine rings is 1. The topological polar surface area (TPSA) is 21.7 Å². The van der Waals surface area contributed by atoms with Gasteiger partial charge in [-0.25, -0.2) is 0 Å². The first-order valence-electron chi connectivity index (χ1n) is 5.74. The van der Waals surface area contributed by atoms with Gasteiger partial charge >= 0.3 is 0 Å². The zero-order chi connectivity index (χ0) is 11.4. The van der Waals surface area contributed by atoms with Gasteiger partial charge in [0.2, 0.25) is 0 Å². The molecule has 2 rings (SSSR count). The largest absolute Gasteiger partial charge is 0.497 e. The Morgan fingerprint density at radius 3 is 2.75 bits per heavy atom. The molecule has 1 unspecified atom stereocenters. The molecule has 3 nitrogen and oxygen atoms in total. The third-order valence-corrected chi connectivity index (χ3v) is 3.05. The zero-order valence-corrected chi connectivity index (χ0v) is 9.98. The summed E-state index contributed by atoms with van der Waals surface area (Å²) in [6.07, 6.45) is 0. The second kappa shape index (κ2) is 5.32. The van der Waals surface area contributed by atoms with Gasteiger partial charge in [-0.05, 0) is 24.6 Å². The molecule has 0 radical (unpaired) electrons. The van der Waals surface area contributed by atoms with Crippen LogP contribution in [0.5, 0.6) is 5.75 Å². The minimum atomic E-state index is 0.510. The van der Waals surface area contributed by atoms with E-state index in [1.807, 2.05) is 12.1 Å². The van der Waals surface area contributed by atoms with Gasteiger partial charge in [0.15, 0.2) is 0 Å². The quantitative estimate of drug-likeness (QED) is 0.778. The van der Waals surface area contributed by atoms with E-state index in [1.54, 1.807) is 7.11 Å². The summed E-state index contributed by atoms with van der Waals surface area (Å²) in [5.74, 6) is 0.916. The van der Waals surface area contributed by atoms with E-state index in [2.05, 4.69) is 24.0 Å². The minimum absolute atomic E-state index is 0.510. The maximum absolute atomic E-state index is 5.42. The van der Waals surface area contributed by atoms with Crippen LogP contribution in [-0.2, 0) is 11.3 Å². The van der Waals surface area contributed by atoms with Crippen LogP contribution in [-0.4, -0.2) is 37.8 Å². The molecular formula is C13H19NO2. The second-order valence-corrected chi connectivity index (χ2v) is 4.24. The van der Waals surface area contributed by atoms with E-state index in [9.17, 15) is 0 Å². The van der Waals surface area contributed by atoms with Crippen LogP contribution in [0.15, 0.2) is 24.3 Å². The standard InChI is InChI=1S/C13H19NO2/c1-11-10-16-8-7-14(11)9-12-3-5-13(15-2)6-4-12/h3-6,11H,7-10H2,1-2H3. The van der Waals surface area contributed by atoms with Gasteiger partial charge in [-0.2, -0.15) is 0 Å². The molecule has 16 heavy (non-hydrogen) atoms. The third kappa shape index (κ3) is 2.74. The van der Waals surface area contributed by atoms with Gasteiger partial charge in [0.1, 0.15) is 5.75 Å². The molecule has 1 aromatic rings. The van der Waals surface area contributed by atoms with Crippen LogP contribution < -0.4 is 4.74 Å². The number of benzene rings is 1. The van der Waals surface area contributed by atoms with E-state index >= 15 is 0 Å². The molecule has 0 aliphatic carbocycles. The van der Waals surface area contributed by atoms with Crippen LogP contribution in [0, 0.1) is 0 Å². The highest BCUT2D eigenvalue weighted by Gasteiger charge is 2.18. The fourth-order valence-electron chi connectivity index (χ4n) is 1.96. The van der Waals surface area contributed by atoms with E-state index in [4.69, 9.17) is 9.47 Å². The van der Waals surface area contributed by atoms with Crippen molar-refractivity contribution in [2.45, 2.75) is 19.5 Å². The average Bonchev–Trinajstić information content (AvgIpc) is 2.33. The molecule has 0 N–H and O–H groups in total. The van der Waals surface area contributed by atoms with Crippen LogP contribution >= 0.6 is 0 Å². The molecule has 0 spiro atoms. The Kier molecular flexibility index (Phi) is 3.80. The molecule has 1 saturated heterocycles. The Bertz CT molecular complexity index is 323. The van der Waals surface area contributed by atoms with Crippen molar-refractivity contribution in [2.24, 2.45) is 0 Å². The predicted octanol–water partition coefficient (Wildman–Crippen LogP) is 1.92. The fourth-order valence-corrected chi connectivity index (χ4v) is 1.96. The molecule has 1 atom stereocenters. The molecule has 1 fully saturated rings. The molecule has 1 aromatic carbocycles. The maximum Gasteiger partial charge on any atom is 0.118 e. The first-order valence-corrected chi connectivity index (χ1v) is 5.74. The molecule has 88 valence electrons. The maximum atomic E-state index is 5.42. The van der Waals surface area contributed by atoms with Crippen LogP contribution in [0.2, 0.25) is 0 Å². The average molecular weight is 221 g/mol. The summed E-state index contributed by atoms with van der Waals surface area (Å²) in [7, 11) is 1.69. The summed E-state index contributed by atoms with van der Waals surface area (Å²) in [4.78, 5) is 2.45. The van der Waals surface area contributed by atoms with Gasteiger partial charge in [0.25, 0.3) is 0 Å². The number of nitrogens with zero attached hydrogens (tertiary/aromatic N) is 1. The van der Waals surface area contributed by atoms with Crippen molar-refractivity contribution in [3.8, 4) is 5.75 Å². The van der Waals surface area contributed by atoms with Gasteiger partial charge < -0.3 is 9.47 Å². The summed E-state index contributed by atoms with van der Waals surface area (Å²) in [5.41, 5.74) is 1.33. The predicted molar refractivity (Wildman–Crippen MR) is 63.7 cm³/mol. The number of hydrogen-bond acceptors (Lipinski definition) is 3. The molecule has 0 aromatic heterocycles. The Hall–Kier alpha value is -1.06. The summed E-state index contributed by atoms with van der Waals surface area (Å²) < 4.78 is 10.6. The molecule has 1 aliphatic rings. The lowest BCUT2D eigenvalue weighted by Gasteiger charge is -2.33. The van der Waals surface area contributed by atoms with Gasteiger partial charge in [0.05, 0.1) is 20.3 Å². The summed E-state index contributed by atoms with van der Waals surface area (Å²) in [6, 6.07) is 8.79. The van der Waals surface area contributed by atoms with Crippen LogP contribution in [0.3, 0.4) is 0 Å². The third-order valence-electron chi connectivity index (χ3n) is 3.05. The van der Waals surface area contributed by atoms with Crippen molar-refractivity contribution in [3.63, 3.8) is 0 Å². The molecule has 3 heteroatoms. The Labute approximate surface area is 97.0 Å². The number of ether oxygens (including phenoxy) is 2. The smallest absolute Gasteiger partial charge is 0.118 e. The summed E-state index contributed by atoms with van der Waals surface area (Å²) >= 11 is 0. The molecule has 1 aliphatic heterocycles. The minimum Gasteiger partial charge on any atom is -0.497 e. The molecular weight excluding hydrogens is 202 g/mol. The van der Waals surface area contributed by atoms with Crippen molar-refractivity contribution in [1.29, 1.82) is 0 Å². The molecule has 0 bridgehead atoms. The highest BCUT2D eigenvalue weighted by atomic mass is 16.5. The molecule has 0 amide bonds. The second-order valence-electron chi connectivity index (χ2n) is 4.24. The van der Waals surface area contributed by atoms with Crippen molar-refractivity contribution in [2.75, 3.05) is 26.9 Å². The van der Waals surface area contributed by atoms with Crippen molar-refractivity contribution < 1.29 is 9.47 Å². The van der Waals surface area contributed by atoms with Crippen molar-refractivity contribution in [1.82, 2.24) is 4.90 Å². The lowest BCUT2D eigenvalue weighted by atomic mass is 10.1. The van der Waals surface area contributed by atoms with Gasteiger partial charge in [-0.15, -0.1) is 0 Å². The fraction of sp³-hybridized carbons (Fsp3) is 0.538. The summed E-state index contributed by atoms with van der Waals surface area (Å²) in [6.45, 7) is 5.92. The lowest BCUT2D eigenvalue weighted by Crippen LogP contribution is -2.42. The van der Waals surface area contributed by atoms with Crippen LogP contribution in [0.4, 0.5) is 0 Å². The van der Waals surface area contributed by atoms with E-state index < -0.39 is 0 Å². The van der Waals surface area contributed by atoms with E-state index in [0.29, 0.717) is 6.04 Å². The monoisotopic (exact) mass is 221 g/mol. The van der Waals surface area contributed by atoms with E-state index in [-0.39, 0.29) is 0 Å². The van der Waals surface area contributed by atoms with Gasteiger partial charge in [-0.1, -0.05) is 12.1 Å². The molecule has 0 saturated carbocycles. The Balaban J connectivity index is 1.96. The normalized spacial score (nSPS) is 22.0. The van der Waals surface area contributed by atoms with Crippen molar-refractivity contribution >= 4 is 0 Å². The summed E-state index contributed by atoms with van der Waals surface area (Å²) in [5, 5.41) is 0. The number of hydrogen-bond donors (Lipinski definition) is 0. The van der Waals surface area contributed by atoms with Crippen LogP contribution in [0.25, 0.3) is 0 Å². The SMILES string of the molecule is COc1ccc(CN2CCOCC2C)cc1. The Morgan fingerprint density at radius 2 is 2.12 bits per heavy atom. The first-order chi connectivity index (χ1) is 7.79. The van der Waals surface area contributed by atoms with E-state index in [0.717, 1.165) is 32.1 Å². The van der Waals surface area contributed by atoms with Crippen molar-refractivity contribution in [3.05, 3.63) is 29.8 Å². The lowest BCUT2D eigenvalue weighted by molar-refractivity contribution is -0.00437. The molecule has 1 heterocycles. The van der Waals surface area contributed by atoms with E-state index in [1.165, 1.54) is 5.56 Å². The highest BCUT2D eigenvalue weighted by molar-refractivity contribution is 5.27. The zero-order valence-electron chi connectivity index (χ0n) is 9.98. The number of rotatable bonds is 3.